The Balaban J connectivity index is 0.00000312. The van der Waals surface area contributed by atoms with Crippen LogP contribution in [0, 0.1) is 0 Å². The fourth-order valence-electron chi connectivity index (χ4n) is 2.84. The Morgan fingerprint density at radius 2 is 2.16 bits per heavy atom. The Hall–Kier alpha value is -0.940. The molecular formula is C16H32IN7O. The van der Waals surface area contributed by atoms with Crippen LogP contribution >= 0.6 is 24.0 Å². The molecule has 144 valence electrons. The molecule has 0 amide bonds. The van der Waals surface area contributed by atoms with Crippen LogP contribution < -0.4 is 5.32 Å². The standard InChI is InChI=1S/C16H31N7O.HI/c1-4-17-16(21(2)12-15-19-13-20-22(15)3)18-8-5-9-23-10-6-14(24)7-11-23;/h13-14,24H,4-12H2,1-3H3,(H,17,18);1H. The molecule has 0 aromatic carbocycles. The smallest absolute Gasteiger partial charge is 0.194 e. The van der Waals surface area contributed by atoms with Crippen molar-refractivity contribution in [3.05, 3.63) is 12.2 Å². The average Bonchev–Trinajstić information content (AvgIpc) is 2.97. The van der Waals surface area contributed by atoms with Crippen LogP contribution in [0.15, 0.2) is 11.3 Å². The van der Waals surface area contributed by atoms with Crippen molar-refractivity contribution in [1.82, 2.24) is 29.9 Å². The third-order valence-corrected chi connectivity index (χ3v) is 4.33. The third-order valence-electron chi connectivity index (χ3n) is 4.33. The molecule has 1 aliphatic heterocycles. The molecule has 0 bridgehead atoms. The zero-order valence-corrected chi connectivity index (χ0v) is 17.9. The van der Waals surface area contributed by atoms with Crippen LogP contribution in [0.4, 0.5) is 0 Å². The Bertz CT molecular complexity index is 514. The summed E-state index contributed by atoms with van der Waals surface area (Å²) in [5, 5.41) is 17.0. The van der Waals surface area contributed by atoms with Gasteiger partial charge in [-0.1, -0.05) is 0 Å². The van der Waals surface area contributed by atoms with Gasteiger partial charge in [-0.3, -0.25) is 9.67 Å². The zero-order valence-electron chi connectivity index (χ0n) is 15.6. The molecule has 8 nitrogen and oxygen atoms in total. The quantitative estimate of drug-likeness (QED) is 0.267. The summed E-state index contributed by atoms with van der Waals surface area (Å²) < 4.78 is 1.78. The molecule has 0 saturated carbocycles. The van der Waals surface area contributed by atoms with Gasteiger partial charge in [0.05, 0.1) is 12.6 Å². The number of aryl methyl sites for hydroxylation is 1. The molecule has 0 atom stereocenters. The van der Waals surface area contributed by atoms with E-state index in [-0.39, 0.29) is 30.1 Å². The number of hydrogen-bond donors (Lipinski definition) is 2. The highest BCUT2D eigenvalue weighted by atomic mass is 127. The van der Waals surface area contributed by atoms with Crippen molar-refractivity contribution in [2.75, 3.05) is 39.8 Å². The van der Waals surface area contributed by atoms with Crippen molar-refractivity contribution in [3.8, 4) is 0 Å². The van der Waals surface area contributed by atoms with Crippen molar-refractivity contribution < 1.29 is 5.11 Å². The number of halogens is 1. The SMILES string of the molecule is CCNC(=NCCCN1CCC(O)CC1)N(C)Cc1ncnn1C.I. The highest BCUT2D eigenvalue weighted by Crippen LogP contribution is 2.09. The second-order valence-corrected chi connectivity index (χ2v) is 6.32. The molecule has 1 aliphatic rings. The number of nitrogens with zero attached hydrogens (tertiary/aromatic N) is 6. The van der Waals surface area contributed by atoms with E-state index < -0.39 is 0 Å². The second-order valence-electron chi connectivity index (χ2n) is 6.32. The van der Waals surface area contributed by atoms with Crippen molar-refractivity contribution in [2.45, 2.75) is 38.8 Å². The van der Waals surface area contributed by atoms with E-state index in [0.29, 0.717) is 6.54 Å². The van der Waals surface area contributed by atoms with Gasteiger partial charge in [0.2, 0.25) is 0 Å². The topological polar surface area (TPSA) is 81.8 Å². The number of guanidine groups is 1. The summed E-state index contributed by atoms with van der Waals surface area (Å²) in [5.74, 6) is 1.81. The maximum Gasteiger partial charge on any atom is 0.194 e. The maximum absolute atomic E-state index is 9.54. The van der Waals surface area contributed by atoms with Gasteiger partial charge in [-0.2, -0.15) is 5.10 Å². The van der Waals surface area contributed by atoms with Crippen LogP contribution in [-0.2, 0) is 13.6 Å². The molecule has 1 saturated heterocycles. The molecule has 0 aliphatic carbocycles. The van der Waals surface area contributed by atoms with Crippen molar-refractivity contribution >= 4 is 29.9 Å². The summed E-state index contributed by atoms with van der Waals surface area (Å²) in [6.45, 7) is 7.42. The number of aliphatic hydroxyl groups is 1. The highest BCUT2D eigenvalue weighted by Gasteiger charge is 2.16. The van der Waals surface area contributed by atoms with E-state index in [1.165, 1.54) is 0 Å². The molecule has 2 heterocycles. The number of rotatable bonds is 7. The first-order valence-electron chi connectivity index (χ1n) is 8.83. The van der Waals surface area contributed by atoms with E-state index in [4.69, 9.17) is 4.99 Å². The van der Waals surface area contributed by atoms with Gasteiger partial charge >= 0.3 is 0 Å². The van der Waals surface area contributed by atoms with E-state index in [9.17, 15) is 5.11 Å². The molecule has 1 aromatic heterocycles. The number of aliphatic hydroxyl groups excluding tert-OH is 1. The van der Waals surface area contributed by atoms with E-state index in [1.807, 2.05) is 14.1 Å². The van der Waals surface area contributed by atoms with Gasteiger partial charge in [-0.15, -0.1) is 24.0 Å². The van der Waals surface area contributed by atoms with E-state index in [2.05, 4.69) is 32.1 Å². The number of aromatic nitrogens is 3. The van der Waals surface area contributed by atoms with Gasteiger partial charge in [-0.05, 0) is 32.7 Å². The Morgan fingerprint density at radius 1 is 1.44 bits per heavy atom. The summed E-state index contributed by atoms with van der Waals surface area (Å²) >= 11 is 0. The van der Waals surface area contributed by atoms with Crippen LogP contribution in [0.25, 0.3) is 0 Å². The molecule has 0 spiro atoms. The molecule has 0 unspecified atom stereocenters. The first-order chi connectivity index (χ1) is 11.6. The largest absolute Gasteiger partial charge is 0.393 e. The molecular weight excluding hydrogens is 433 g/mol. The highest BCUT2D eigenvalue weighted by molar-refractivity contribution is 14.0. The van der Waals surface area contributed by atoms with Crippen molar-refractivity contribution in [1.29, 1.82) is 0 Å². The predicted molar refractivity (Wildman–Crippen MR) is 110 cm³/mol. The Kier molecular flexibility index (Phi) is 10.3. The first kappa shape index (κ1) is 22.1. The van der Waals surface area contributed by atoms with E-state index >= 15 is 0 Å². The zero-order chi connectivity index (χ0) is 17.4. The second kappa shape index (κ2) is 11.6. The van der Waals surface area contributed by atoms with Gasteiger partial charge in [0, 0.05) is 40.3 Å². The number of piperidine rings is 1. The van der Waals surface area contributed by atoms with Crippen LogP contribution in [0.2, 0.25) is 0 Å². The average molecular weight is 465 g/mol. The molecule has 9 heteroatoms. The van der Waals surface area contributed by atoms with Gasteiger partial charge < -0.3 is 20.2 Å². The van der Waals surface area contributed by atoms with Crippen molar-refractivity contribution in [3.63, 3.8) is 0 Å². The molecule has 25 heavy (non-hydrogen) atoms. The van der Waals surface area contributed by atoms with Gasteiger partial charge in [0.1, 0.15) is 12.2 Å². The lowest BCUT2D eigenvalue weighted by molar-refractivity contribution is 0.0824. The fourth-order valence-corrected chi connectivity index (χ4v) is 2.84. The van der Waals surface area contributed by atoms with Crippen LogP contribution in [0.3, 0.4) is 0 Å². The minimum absolute atomic E-state index is 0. The van der Waals surface area contributed by atoms with Gasteiger partial charge in [0.25, 0.3) is 0 Å². The summed E-state index contributed by atoms with van der Waals surface area (Å²) in [4.78, 5) is 13.5. The lowest BCUT2D eigenvalue weighted by Crippen LogP contribution is -2.39. The van der Waals surface area contributed by atoms with Crippen LogP contribution in [-0.4, -0.2) is 81.5 Å². The Morgan fingerprint density at radius 3 is 2.76 bits per heavy atom. The molecule has 1 aromatic rings. The summed E-state index contributed by atoms with van der Waals surface area (Å²) in [5.41, 5.74) is 0. The molecule has 0 radical (unpaired) electrons. The molecule has 1 fully saturated rings. The van der Waals surface area contributed by atoms with Crippen molar-refractivity contribution in [2.24, 2.45) is 12.0 Å². The van der Waals surface area contributed by atoms with Gasteiger partial charge in [-0.25, -0.2) is 4.98 Å². The minimum atomic E-state index is -0.103. The lowest BCUT2D eigenvalue weighted by atomic mass is 10.1. The normalized spacial score (nSPS) is 16.6. The minimum Gasteiger partial charge on any atom is -0.393 e. The lowest BCUT2D eigenvalue weighted by Gasteiger charge is -2.29. The summed E-state index contributed by atoms with van der Waals surface area (Å²) in [6.07, 6.45) is 4.29. The Labute approximate surface area is 167 Å². The number of likely N-dealkylation sites (tertiary alicyclic amines) is 1. The summed E-state index contributed by atoms with van der Waals surface area (Å²) in [7, 11) is 3.91. The predicted octanol–water partition coefficient (Wildman–Crippen LogP) is 0.677. The summed E-state index contributed by atoms with van der Waals surface area (Å²) in [6, 6.07) is 0. The molecule has 2 rings (SSSR count). The van der Waals surface area contributed by atoms with E-state index in [0.717, 1.165) is 63.8 Å². The number of nitrogens with one attached hydrogen (secondary N) is 1. The van der Waals surface area contributed by atoms with Gasteiger partial charge in [0.15, 0.2) is 5.96 Å². The number of hydrogen-bond acceptors (Lipinski definition) is 5. The van der Waals surface area contributed by atoms with Crippen LogP contribution in [0.5, 0.6) is 0 Å². The third kappa shape index (κ3) is 7.45. The monoisotopic (exact) mass is 465 g/mol. The first-order valence-corrected chi connectivity index (χ1v) is 8.83. The fraction of sp³-hybridized carbons (Fsp3) is 0.812. The van der Waals surface area contributed by atoms with E-state index in [1.54, 1.807) is 11.0 Å². The van der Waals surface area contributed by atoms with Crippen LogP contribution in [0.1, 0.15) is 32.0 Å². The molecule has 2 N–H and O–H groups in total. The number of aliphatic imine (C=N–C) groups is 1. The maximum atomic E-state index is 9.54.